The Kier molecular flexibility index (Phi) is 24.4. The van der Waals surface area contributed by atoms with Crippen molar-refractivity contribution in [1.82, 2.24) is 5.32 Å². The molecule has 172 valence electrons. The number of unbranched alkanes of at least 4 members (excludes halogenated alkanes) is 15. The Bertz CT molecular complexity index is 347. The summed E-state index contributed by atoms with van der Waals surface area (Å²) in [6.07, 6.45) is 22.9. The van der Waals surface area contributed by atoms with Crippen LogP contribution >= 0.6 is 0 Å². The number of ether oxygens (including phenoxy) is 1. The molecule has 0 aromatic rings. The fraction of sp³-hybridized carbons (Fsp3) is 0.920. The summed E-state index contributed by atoms with van der Waals surface area (Å²) in [5, 5.41) is 3.51. The second-order valence-electron chi connectivity index (χ2n) is 8.33. The van der Waals surface area contributed by atoms with Crippen LogP contribution in [0, 0.1) is 0 Å². The highest BCUT2D eigenvalue weighted by Gasteiger charge is 2.02. The Morgan fingerprint density at radius 1 is 0.690 bits per heavy atom. The van der Waals surface area contributed by atoms with E-state index in [0.29, 0.717) is 13.0 Å². The van der Waals surface area contributed by atoms with Crippen LogP contribution < -0.4 is 5.32 Å². The predicted octanol–water partition coefficient (Wildman–Crippen LogP) is 6.75. The average molecular weight is 412 g/mol. The molecule has 0 saturated carbocycles. The lowest BCUT2D eigenvalue weighted by Crippen LogP contribution is -2.16. The van der Waals surface area contributed by atoms with Gasteiger partial charge in [0, 0.05) is 12.8 Å². The molecule has 29 heavy (non-hydrogen) atoms. The van der Waals surface area contributed by atoms with Crippen LogP contribution in [0.1, 0.15) is 129 Å². The van der Waals surface area contributed by atoms with Gasteiger partial charge in [-0.25, -0.2) is 0 Å². The van der Waals surface area contributed by atoms with E-state index in [9.17, 15) is 9.59 Å². The van der Waals surface area contributed by atoms with Gasteiger partial charge in [-0.2, -0.15) is 0 Å². The quantitative estimate of drug-likeness (QED) is 0.108. The summed E-state index contributed by atoms with van der Waals surface area (Å²) >= 11 is 0. The van der Waals surface area contributed by atoms with E-state index in [2.05, 4.69) is 12.2 Å². The first-order valence-corrected chi connectivity index (χ1v) is 12.6. The molecular formula is C25H49NO3. The van der Waals surface area contributed by atoms with Crippen LogP contribution in [0.2, 0.25) is 0 Å². The van der Waals surface area contributed by atoms with Crippen LogP contribution in [-0.4, -0.2) is 32.0 Å². The van der Waals surface area contributed by atoms with Crippen LogP contribution in [0.25, 0.3) is 0 Å². The van der Waals surface area contributed by atoms with Gasteiger partial charge in [0.15, 0.2) is 0 Å². The van der Waals surface area contributed by atoms with Crippen molar-refractivity contribution in [2.24, 2.45) is 0 Å². The third kappa shape index (κ3) is 25.1. The van der Waals surface area contributed by atoms with Gasteiger partial charge in [0.05, 0.1) is 6.61 Å². The average Bonchev–Trinajstić information content (AvgIpc) is 2.72. The molecule has 4 nitrogen and oxygen atoms in total. The lowest BCUT2D eigenvalue weighted by Gasteiger charge is -2.06. The standard InChI is InChI=1S/C25H49NO3/c1-2-3-4-5-8-14-19-24-29-25(28)20-15-10-9-12-17-22-26-21-16-11-6-7-13-18-23-27/h23,26H,2-22,24H2,1H3. The van der Waals surface area contributed by atoms with Crippen molar-refractivity contribution in [3.05, 3.63) is 0 Å². The molecule has 0 aliphatic carbocycles. The molecule has 1 N–H and O–H groups in total. The third-order valence-electron chi connectivity index (χ3n) is 5.42. The summed E-state index contributed by atoms with van der Waals surface area (Å²) in [4.78, 5) is 21.9. The van der Waals surface area contributed by atoms with Crippen LogP contribution in [-0.2, 0) is 14.3 Å². The number of hydrogen-bond acceptors (Lipinski definition) is 4. The highest BCUT2D eigenvalue weighted by Crippen LogP contribution is 2.09. The summed E-state index contributed by atoms with van der Waals surface area (Å²) in [5.41, 5.74) is 0. The third-order valence-corrected chi connectivity index (χ3v) is 5.42. The molecule has 0 atom stereocenters. The van der Waals surface area contributed by atoms with Gasteiger partial charge in [0.1, 0.15) is 6.29 Å². The first-order chi connectivity index (χ1) is 14.3. The second-order valence-corrected chi connectivity index (χ2v) is 8.33. The van der Waals surface area contributed by atoms with Gasteiger partial charge in [0.25, 0.3) is 0 Å². The first kappa shape index (κ1) is 28.1. The zero-order valence-corrected chi connectivity index (χ0v) is 19.4. The van der Waals surface area contributed by atoms with Gasteiger partial charge < -0.3 is 14.8 Å². The fourth-order valence-corrected chi connectivity index (χ4v) is 3.50. The van der Waals surface area contributed by atoms with E-state index in [0.717, 1.165) is 51.5 Å². The zero-order valence-electron chi connectivity index (χ0n) is 19.4. The van der Waals surface area contributed by atoms with Crippen molar-refractivity contribution >= 4 is 12.3 Å². The maximum absolute atomic E-state index is 11.7. The van der Waals surface area contributed by atoms with E-state index < -0.39 is 0 Å². The molecule has 0 unspecified atom stereocenters. The fourth-order valence-electron chi connectivity index (χ4n) is 3.50. The maximum atomic E-state index is 11.7. The highest BCUT2D eigenvalue weighted by molar-refractivity contribution is 5.69. The second kappa shape index (κ2) is 25.1. The lowest BCUT2D eigenvalue weighted by molar-refractivity contribution is -0.143. The highest BCUT2D eigenvalue weighted by atomic mass is 16.5. The number of aldehydes is 1. The van der Waals surface area contributed by atoms with Gasteiger partial charge in [-0.05, 0) is 45.2 Å². The number of rotatable bonds is 24. The zero-order chi connectivity index (χ0) is 21.3. The summed E-state index contributed by atoms with van der Waals surface area (Å²) in [5.74, 6) is -0.0104. The Morgan fingerprint density at radius 2 is 1.21 bits per heavy atom. The summed E-state index contributed by atoms with van der Waals surface area (Å²) < 4.78 is 5.32. The Labute approximate surface area is 180 Å². The molecule has 0 aromatic heterocycles. The van der Waals surface area contributed by atoms with E-state index in [-0.39, 0.29) is 5.97 Å². The van der Waals surface area contributed by atoms with Gasteiger partial charge in [-0.15, -0.1) is 0 Å². The molecule has 0 radical (unpaired) electrons. The minimum Gasteiger partial charge on any atom is -0.466 e. The van der Waals surface area contributed by atoms with Gasteiger partial charge in [-0.3, -0.25) is 4.79 Å². The molecule has 0 spiro atoms. The number of carbonyl (C=O) groups is 2. The maximum Gasteiger partial charge on any atom is 0.305 e. The predicted molar refractivity (Wildman–Crippen MR) is 123 cm³/mol. The molecule has 0 aliphatic heterocycles. The van der Waals surface area contributed by atoms with Crippen LogP contribution in [0.5, 0.6) is 0 Å². The molecular weight excluding hydrogens is 362 g/mol. The number of carbonyl (C=O) groups excluding carboxylic acids is 2. The monoisotopic (exact) mass is 411 g/mol. The number of hydrogen-bond donors (Lipinski definition) is 1. The topological polar surface area (TPSA) is 55.4 Å². The number of nitrogens with one attached hydrogen (secondary N) is 1. The van der Waals surface area contributed by atoms with E-state index in [1.807, 2.05) is 0 Å². The van der Waals surface area contributed by atoms with E-state index in [1.54, 1.807) is 0 Å². The smallest absolute Gasteiger partial charge is 0.305 e. The summed E-state index contributed by atoms with van der Waals surface area (Å²) in [7, 11) is 0. The Balaban J connectivity index is 3.13. The minimum atomic E-state index is -0.0104. The largest absolute Gasteiger partial charge is 0.466 e. The Morgan fingerprint density at radius 3 is 1.83 bits per heavy atom. The van der Waals surface area contributed by atoms with E-state index in [4.69, 9.17) is 4.74 Å². The van der Waals surface area contributed by atoms with Crippen LogP contribution in [0.4, 0.5) is 0 Å². The van der Waals surface area contributed by atoms with Crippen LogP contribution in [0.3, 0.4) is 0 Å². The van der Waals surface area contributed by atoms with Gasteiger partial charge in [0.2, 0.25) is 0 Å². The molecule has 0 bridgehead atoms. The molecule has 0 heterocycles. The van der Waals surface area contributed by atoms with Crippen molar-refractivity contribution in [2.75, 3.05) is 19.7 Å². The Hall–Kier alpha value is -0.900. The van der Waals surface area contributed by atoms with Crippen molar-refractivity contribution in [3.8, 4) is 0 Å². The van der Waals surface area contributed by atoms with E-state index in [1.165, 1.54) is 83.5 Å². The molecule has 0 aromatic carbocycles. The lowest BCUT2D eigenvalue weighted by atomic mass is 10.1. The molecule has 0 fully saturated rings. The molecule has 0 saturated heterocycles. The van der Waals surface area contributed by atoms with Gasteiger partial charge >= 0.3 is 5.97 Å². The normalized spacial score (nSPS) is 10.9. The first-order valence-electron chi connectivity index (χ1n) is 12.6. The molecule has 0 amide bonds. The summed E-state index contributed by atoms with van der Waals surface area (Å²) in [6.45, 7) is 5.06. The van der Waals surface area contributed by atoms with Crippen molar-refractivity contribution in [3.63, 3.8) is 0 Å². The van der Waals surface area contributed by atoms with Crippen LogP contribution in [0.15, 0.2) is 0 Å². The molecule has 4 heteroatoms. The molecule has 0 rings (SSSR count). The number of esters is 1. The molecule has 0 aliphatic rings. The van der Waals surface area contributed by atoms with E-state index >= 15 is 0 Å². The summed E-state index contributed by atoms with van der Waals surface area (Å²) in [6, 6.07) is 0. The SMILES string of the molecule is CCCCCCCCCOC(=O)CCCCCCCNCCCCCCCC=O. The van der Waals surface area contributed by atoms with Crippen molar-refractivity contribution in [2.45, 2.75) is 129 Å². The van der Waals surface area contributed by atoms with Crippen molar-refractivity contribution in [1.29, 1.82) is 0 Å². The van der Waals surface area contributed by atoms with Gasteiger partial charge in [-0.1, -0.05) is 84.0 Å². The van der Waals surface area contributed by atoms with Crippen molar-refractivity contribution < 1.29 is 14.3 Å². The minimum absolute atomic E-state index is 0.0104.